The van der Waals surface area contributed by atoms with Crippen LogP contribution in [0.1, 0.15) is 37.6 Å². The molecule has 0 heterocycles. The highest BCUT2D eigenvalue weighted by atomic mass is 35.5. The molecule has 0 fully saturated rings. The van der Waals surface area contributed by atoms with Crippen LogP contribution in [0.15, 0.2) is 23.1 Å². The first-order chi connectivity index (χ1) is 11.9. The van der Waals surface area contributed by atoms with Gasteiger partial charge in [-0.15, -0.1) is 0 Å². The van der Waals surface area contributed by atoms with Crippen LogP contribution in [0, 0.1) is 0 Å². The fourth-order valence-corrected chi connectivity index (χ4v) is 3.25. The molecule has 1 aromatic rings. The van der Waals surface area contributed by atoms with E-state index in [9.17, 15) is 18.0 Å². The third-order valence-corrected chi connectivity index (χ3v) is 5.90. The standard InChI is InChI=1S/C16H23ClN2O6S/c1-6-16(2,3)18-14(20)10-25-15(21)11-7-8-12(17)13(9-11)26(22,23)19(4)24-5/h7-9H,6,10H2,1-5H3,(H,18,20). The molecular formula is C16H23ClN2O6S. The third kappa shape index (κ3) is 5.66. The van der Waals surface area contributed by atoms with Crippen LogP contribution in [0.25, 0.3) is 0 Å². The number of nitrogens with one attached hydrogen (secondary N) is 1. The summed E-state index contributed by atoms with van der Waals surface area (Å²) in [6, 6.07) is 3.64. The summed E-state index contributed by atoms with van der Waals surface area (Å²) in [5, 5.41) is 2.65. The van der Waals surface area contributed by atoms with E-state index in [1.54, 1.807) is 0 Å². The Balaban J connectivity index is 2.92. The van der Waals surface area contributed by atoms with Gasteiger partial charge in [-0.1, -0.05) is 23.0 Å². The molecule has 0 aromatic heterocycles. The van der Waals surface area contributed by atoms with Gasteiger partial charge in [-0.25, -0.2) is 13.2 Å². The summed E-state index contributed by atoms with van der Waals surface area (Å²) in [6.45, 7) is 5.12. The lowest BCUT2D eigenvalue weighted by molar-refractivity contribution is -0.125. The number of sulfonamides is 1. The average Bonchev–Trinajstić information content (AvgIpc) is 2.58. The predicted molar refractivity (Wildman–Crippen MR) is 96.2 cm³/mol. The van der Waals surface area contributed by atoms with Gasteiger partial charge in [0, 0.05) is 12.6 Å². The minimum absolute atomic E-state index is 0.0555. The zero-order valence-corrected chi connectivity index (χ0v) is 16.9. The van der Waals surface area contributed by atoms with Crippen molar-refractivity contribution in [2.45, 2.75) is 37.6 Å². The molecule has 0 bridgehead atoms. The van der Waals surface area contributed by atoms with Crippen molar-refractivity contribution >= 4 is 33.5 Å². The van der Waals surface area contributed by atoms with Crippen molar-refractivity contribution in [1.29, 1.82) is 0 Å². The van der Waals surface area contributed by atoms with E-state index in [-0.39, 0.29) is 15.5 Å². The number of rotatable bonds is 8. The number of hydrogen-bond acceptors (Lipinski definition) is 6. The molecule has 26 heavy (non-hydrogen) atoms. The van der Waals surface area contributed by atoms with Crippen LogP contribution in [0.2, 0.25) is 5.02 Å². The molecule has 0 unspecified atom stereocenters. The van der Waals surface area contributed by atoms with Gasteiger partial charge in [-0.2, -0.15) is 0 Å². The maximum absolute atomic E-state index is 12.3. The van der Waals surface area contributed by atoms with Crippen molar-refractivity contribution in [1.82, 2.24) is 9.79 Å². The van der Waals surface area contributed by atoms with Crippen LogP contribution < -0.4 is 5.32 Å². The smallest absolute Gasteiger partial charge is 0.338 e. The molecule has 1 N–H and O–H groups in total. The Hall–Kier alpha value is -1.68. The van der Waals surface area contributed by atoms with Crippen molar-refractivity contribution in [2.24, 2.45) is 0 Å². The normalized spacial score (nSPS) is 12.1. The molecule has 146 valence electrons. The molecule has 0 aliphatic carbocycles. The quantitative estimate of drug-likeness (QED) is 0.523. The SMILES string of the molecule is CCC(C)(C)NC(=O)COC(=O)c1ccc(Cl)c(S(=O)(=O)N(C)OC)c1. The van der Waals surface area contributed by atoms with Gasteiger partial charge in [0.1, 0.15) is 4.90 Å². The Morgan fingerprint density at radius 1 is 1.31 bits per heavy atom. The number of amides is 1. The van der Waals surface area contributed by atoms with E-state index in [4.69, 9.17) is 16.3 Å². The van der Waals surface area contributed by atoms with Crippen LogP contribution >= 0.6 is 11.6 Å². The summed E-state index contributed by atoms with van der Waals surface area (Å²) in [5.74, 6) is -1.30. The highest BCUT2D eigenvalue weighted by molar-refractivity contribution is 7.89. The number of hydrogen-bond donors (Lipinski definition) is 1. The number of nitrogens with zero attached hydrogens (tertiary/aromatic N) is 1. The van der Waals surface area contributed by atoms with Crippen LogP contribution in [0.5, 0.6) is 0 Å². The van der Waals surface area contributed by atoms with Gasteiger partial charge in [0.25, 0.3) is 15.9 Å². The summed E-state index contributed by atoms with van der Waals surface area (Å²) < 4.78 is 30.2. The van der Waals surface area contributed by atoms with Crippen LogP contribution in [0.3, 0.4) is 0 Å². The fourth-order valence-electron chi connectivity index (χ4n) is 1.78. The van der Waals surface area contributed by atoms with Crippen molar-refractivity contribution in [3.8, 4) is 0 Å². The Morgan fingerprint density at radius 3 is 2.46 bits per heavy atom. The zero-order valence-electron chi connectivity index (χ0n) is 15.3. The molecule has 1 rings (SSSR count). The second-order valence-corrected chi connectivity index (χ2v) is 8.42. The molecule has 0 aliphatic rings. The van der Waals surface area contributed by atoms with E-state index in [1.165, 1.54) is 26.3 Å². The van der Waals surface area contributed by atoms with Crippen molar-refractivity contribution in [2.75, 3.05) is 20.8 Å². The van der Waals surface area contributed by atoms with Gasteiger partial charge >= 0.3 is 5.97 Å². The maximum Gasteiger partial charge on any atom is 0.338 e. The van der Waals surface area contributed by atoms with E-state index in [0.29, 0.717) is 10.9 Å². The second kappa shape index (κ2) is 8.81. The molecule has 10 heteroatoms. The summed E-state index contributed by atoms with van der Waals surface area (Å²) in [5.41, 5.74) is -0.476. The van der Waals surface area contributed by atoms with Gasteiger partial charge in [0.15, 0.2) is 6.61 Å². The minimum atomic E-state index is -4.04. The first-order valence-corrected chi connectivity index (χ1v) is 9.57. The minimum Gasteiger partial charge on any atom is -0.452 e. The van der Waals surface area contributed by atoms with Crippen LogP contribution in [0.4, 0.5) is 0 Å². The molecule has 0 spiro atoms. The molecule has 0 saturated heterocycles. The molecule has 0 radical (unpaired) electrons. The average molecular weight is 407 g/mol. The molecular weight excluding hydrogens is 384 g/mol. The number of halogens is 1. The largest absolute Gasteiger partial charge is 0.452 e. The summed E-state index contributed by atoms with van der Waals surface area (Å²) in [4.78, 5) is 28.3. The third-order valence-electron chi connectivity index (χ3n) is 3.74. The first kappa shape index (κ1) is 22.4. The number of ether oxygens (including phenoxy) is 1. The number of benzene rings is 1. The Morgan fingerprint density at radius 2 is 1.92 bits per heavy atom. The molecule has 0 atom stereocenters. The van der Waals surface area contributed by atoms with E-state index in [1.807, 2.05) is 20.8 Å². The van der Waals surface area contributed by atoms with Gasteiger partial charge in [-0.05, 0) is 38.5 Å². The predicted octanol–water partition coefficient (Wildman–Crippen LogP) is 1.98. The topological polar surface area (TPSA) is 102 Å². The number of hydroxylamine groups is 1. The number of carbonyl (C=O) groups excluding carboxylic acids is 2. The summed E-state index contributed by atoms with van der Waals surface area (Å²) >= 11 is 5.92. The van der Waals surface area contributed by atoms with E-state index in [2.05, 4.69) is 10.2 Å². The maximum atomic E-state index is 12.3. The number of carbonyl (C=O) groups is 2. The lowest BCUT2D eigenvalue weighted by atomic mass is 10.0. The second-order valence-electron chi connectivity index (χ2n) is 6.10. The van der Waals surface area contributed by atoms with Gasteiger partial charge in [0.2, 0.25) is 0 Å². The molecule has 0 aliphatic heterocycles. The summed E-state index contributed by atoms with van der Waals surface area (Å²) in [6.07, 6.45) is 0.706. The highest BCUT2D eigenvalue weighted by Crippen LogP contribution is 2.25. The first-order valence-electron chi connectivity index (χ1n) is 7.75. The molecule has 1 amide bonds. The van der Waals surface area contributed by atoms with E-state index >= 15 is 0 Å². The monoisotopic (exact) mass is 406 g/mol. The van der Waals surface area contributed by atoms with Crippen LogP contribution in [-0.2, 0) is 24.4 Å². The molecule has 8 nitrogen and oxygen atoms in total. The zero-order chi connectivity index (χ0) is 20.1. The van der Waals surface area contributed by atoms with Gasteiger partial charge < -0.3 is 10.1 Å². The molecule has 0 saturated carbocycles. The summed E-state index contributed by atoms with van der Waals surface area (Å²) in [7, 11) is -1.67. The van der Waals surface area contributed by atoms with Crippen molar-refractivity contribution in [3.05, 3.63) is 28.8 Å². The lowest BCUT2D eigenvalue weighted by Crippen LogP contribution is -2.44. The molecule has 1 aromatic carbocycles. The van der Waals surface area contributed by atoms with E-state index in [0.717, 1.165) is 6.07 Å². The fraction of sp³-hybridized carbons (Fsp3) is 0.500. The van der Waals surface area contributed by atoms with Crippen LogP contribution in [-0.4, -0.2) is 51.1 Å². The number of esters is 1. The Labute approximate surface area is 158 Å². The van der Waals surface area contributed by atoms with Crippen molar-refractivity contribution in [3.63, 3.8) is 0 Å². The van der Waals surface area contributed by atoms with Crippen molar-refractivity contribution < 1.29 is 27.6 Å². The van der Waals surface area contributed by atoms with Gasteiger partial charge in [-0.3, -0.25) is 9.63 Å². The highest BCUT2D eigenvalue weighted by Gasteiger charge is 2.26. The lowest BCUT2D eigenvalue weighted by Gasteiger charge is -2.24. The van der Waals surface area contributed by atoms with Gasteiger partial charge in [0.05, 0.1) is 17.7 Å². The Bertz CT molecular complexity index is 779. The van der Waals surface area contributed by atoms with E-state index < -0.39 is 34.0 Å². The Kier molecular flexibility index (Phi) is 7.57.